The van der Waals surface area contributed by atoms with Crippen LogP contribution in [0.4, 0.5) is 0 Å². The normalized spacial score (nSPS) is 20.3. The van der Waals surface area contributed by atoms with Crippen molar-refractivity contribution in [3.63, 3.8) is 0 Å². The first-order valence-electron chi connectivity index (χ1n) is 10.3. The maximum absolute atomic E-state index is 4.94. The zero-order valence-electron chi connectivity index (χ0n) is 16.4. The highest BCUT2D eigenvalue weighted by Gasteiger charge is 1.96. The third kappa shape index (κ3) is 17.9. The first-order valence-corrected chi connectivity index (χ1v) is 10.3. The SMILES string of the molecule is C1CCOC1.C1CCOC1.C1CCOC1.C1CCOC1.c1ccccc1. The molecule has 0 aliphatic carbocycles. The molecule has 1 aromatic carbocycles. The van der Waals surface area contributed by atoms with Crippen molar-refractivity contribution in [2.45, 2.75) is 51.4 Å². The van der Waals surface area contributed by atoms with Crippen LogP contribution >= 0.6 is 0 Å². The Labute approximate surface area is 160 Å². The number of rotatable bonds is 0. The average molecular weight is 367 g/mol. The van der Waals surface area contributed by atoms with Crippen LogP contribution in [0.2, 0.25) is 0 Å². The Hall–Kier alpha value is -0.940. The summed E-state index contributed by atoms with van der Waals surface area (Å²) >= 11 is 0. The maximum Gasteiger partial charge on any atom is 0.0466 e. The molecule has 0 aromatic heterocycles. The minimum atomic E-state index is 1.00. The van der Waals surface area contributed by atoms with E-state index in [-0.39, 0.29) is 0 Å². The van der Waals surface area contributed by atoms with Gasteiger partial charge in [-0.05, 0) is 51.4 Å². The first-order chi connectivity index (χ1) is 13.0. The molecule has 150 valence electrons. The van der Waals surface area contributed by atoms with Crippen molar-refractivity contribution in [1.29, 1.82) is 0 Å². The zero-order chi connectivity index (χ0) is 18.4. The van der Waals surface area contributed by atoms with Gasteiger partial charge in [-0.3, -0.25) is 0 Å². The van der Waals surface area contributed by atoms with Crippen molar-refractivity contribution in [1.82, 2.24) is 0 Å². The van der Waals surface area contributed by atoms with Gasteiger partial charge in [0.1, 0.15) is 0 Å². The van der Waals surface area contributed by atoms with E-state index in [1.54, 1.807) is 0 Å². The Morgan fingerprint density at radius 3 is 0.500 bits per heavy atom. The highest BCUT2D eigenvalue weighted by Crippen LogP contribution is 1.99. The Morgan fingerprint density at radius 1 is 0.269 bits per heavy atom. The number of ether oxygens (including phenoxy) is 4. The van der Waals surface area contributed by atoms with E-state index in [2.05, 4.69) is 0 Å². The van der Waals surface area contributed by atoms with Crippen LogP contribution < -0.4 is 0 Å². The van der Waals surface area contributed by atoms with Crippen LogP contribution in [0, 0.1) is 0 Å². The molecule has 4 aliphatic rings. The fourth-order valence-electron chi connectivity index (χ4n) is 2.43. The molecule has 0 bridgehead atoms. The van der Waals surface area contributed by atoms with E-state index in [9.17, 15) is 0 Å². The highest BCUT2D eigenvalue weighted by atomic mass is 16.5. The van der Waals surface area contributed by atoms with Crippen LogP contribution in [0.1, 0.15) is 51.4 Å². The van der Waals surface area contributed by atoms with E-state index < -0.39 is 0 Å². The van der Waals surface area contributed by atoms with E-state index in [1.165, 1.54) is 51.4 Å². The van der Waals surface area contributed by atoms with Crippen LogP contribution in [0.25, 0.3) is 0 Å². The fourth-order valence-corrected chi connectivity index (χ4v) is 2.43. The minimum absolute atomic E-state index is 1.00. The van der Waals surface area contributed by atoms with Gasteiger partial charge in [-0.15, -0.1) is 0 Å². The van der Waals surface area contributed by atoms with Crippen molar-refractivity contribution < 1.29 is 18.9 Å². The summed E-state index contributed by atoms with van der Waals surface area (Å²) in [5, 5.41) is 0. The molecule has 5 rings (SSSR count). The molecule has 0 radical (unpaired) electrons. The quantitative estimate of drug-likeness (QED) is 0.656. The summed E-state index contributed by atoms with van der Waals surface area (Å²) in [6, 6.07) is 12.0. The van der Waals surface area contributed by atoms with Crippen LogP contribution in [-0.2, 0) is 18.9 Å². The molecule has 4 nitrogen and oxygen atoms in total. The minimum Gasteiger partial charge on any atom is -0.381 e. The second kappa shape index (κ2) is 20.4. The Kier molecular flexibility index (Phi) is 18.1. The van der Waals surface area contributed by atoms with Crippen molar-refractivity contribution in [2.75, 3.05) is 52.9 Å². The molecule has 26 heavy (non-hydrogen) atoms. The lowest BCUT2D eigenvalue weighted by Crippen LogP contribution is -1.74. The molecular weight excluding hydrogens is 328 g/mol. The van der Waals surface area contributed by atoms with Crippen molar-refractivity contribution in [2.24, 2.45) is 0 Å². The molecule has 4 aliphatic heterocycles. The Morgan fingerprint density at radius 2 is 0.423 bits per heavy atom. The molecule has 0 saturated carbocycles. The number of benzene rings is 1. The molecule has 4 heterocycles. The summed E-state index contributed by atoms with van der Waals surface area (Å²) in [5.41, 5.74) is 0. The van der Waals surface area contributed by atoms with E-state index in [4.69, 9.17) is 18.9 Å². The van der Waals surface area contributed by atoms with Crippen molar-refractivity contribution >= 4 is 0 Å². The Bertz CT molecular complexity index is 245. The fraction of sp³-hybridized carbons (Fsp3) is 0.727. The standard InChI is InChI=1S/C6H6.4C4H8O/c1-2-4-6-5-3-1;4*1-2-4-5-3-1/h1-6H;4*1-4H2. The summed E-state index contributed by atoms with van der Waals surface area (Å²) in [7, 11) is 0. The predicted molar refractivity (Wildman–Crippen MR) is 107 cm³/mol. The van der Waals surface area contributed by atoms with Gasteiger partial charge in [-0.1, -0.05) is 36.4 Å². The van der Waals surface area contributed by atoms with Gasteiger partial charge in [0.2, 0.25) is 0 Å². The molecule has 4 saturated heterocycles. The van der Waals surface area contributed by atoms with Gasteiger partial charge in [0.15, 0.2) is 0 Å². The molecule has 0 amide bonds. The van der Waals surface area contributed by atoms with Crippen LogP contribution in [-0.4, -0.2) is 52.9 Å². The van der Waals surface area contributed by atoms with Gasteiger partial charge in [0.05, 0.1) is 0 Å². The van der Waals surface area contributed by atoms with E-state index in [0.717, 1.165) is 52.9 Å². The van der Waals surface area contributed by atoms with Gasteiger partial charge < -0.3 is 18.9 Å². The highest BCUT2D eigenvalue weighted by molar-refractivity contribution is 4.99. The summed E-state index contributed by atoms with van der Waals surface area (Å²) in [6.07, 6.45) is 10.2. The number of hydrogen-bond acceptors (Lipinski definition) is 4. The first kappa shape index (κ1) is 23.1. The summed E-state index contributed by atoms with van der Waals surface area (Å²) in [6.45, 7) is 8.00. The van der Waals surface area contributed by atoms with Crippen LogP contribution in [0.5, 0.6) is 0 Å². The second-order valence-corrected chi connectivity index (χ2v) is 6.43. The zero-order valence-corrected chi connectivity index (χ0v) is 16.4. The van der Waals surface area contributed by atoms with Crippen molar-refractivity contribution in [3.05, 3.63) is 36.4 Å². The Balaban J connectivity index is 0.000000163. The molecule has 4 heteroatoms. The molecule has 1 aromatic rings. The topological polar surface area (TPSA) is 36.9 Å². The number of hydrogen-bond donors (Lipinski definition) is 0. The van der Waals surface area contributed by atoms with Gasteiger partial charge in [-0.2, -0.15) is 0 Å². The summed E-state index contributed by atoms with van der Waals surface area (Å²) < 4.78 is 19.8. The van der Waals surface area contributed by atoms with Crippen LogP contribution in [0.15, 0.2) is 36.4 Å². The smallest absolute Gasteiger partial charge is 0.0466 e. The largest absolute Gasteiger partial charge is 0.381 e. The average Bonchev–Trinajstić information content (AvgIpc) is 3.56. The van der Waals surface area contributed by atoms with Gasteiger partial charge in [0, 0.05) is 52.9 Å². The second-order valence-electron chi connectivity index (χ2n) is 6.43. The van der Waals surface area contributed by atoms with E-state index in [0.29, 0.717) is 0 Å². The van der Waals surface area contributed by atoms with Crippen molar-refractivity contribution in [3.8, 4) is 0 Å². The lowest BCUT2D eigenvalue weighted by atomic mass is 10.4. The molecular formula is C22H38O4. The molecule has 4 fully saturated rings. The van der Waals surface area contributed by atoms with E-state index >= 15 is 0 Å². The molecule has 0 atom stereocenters. The molecule has 0 spiro atoms. The summed E-state index contributed by atoms with van der Waals surface area (Å²) in [5.74, 6) is 0. The molecule has 0 unspecified atom stereocenters. The van der Waals surface area contributed by atoms with E-state index in [1.807, 2.05) is 36.4 Å². The lowest BCUT2D eigenvalue weighted by Gasteiger charge is -1.76. The van der Waals surface area contributed by atoms with Gasteiger partial charge in [-0.25, -0.2) is 0 Å². The van der Waals surface area contributed by atoms with Gasteiger partial charge in [0.25, 0.3) is 0 Å². The third-order valence-electron chi connectivity index (χ3n) is 3.98. The predicted octanol–water partition coefficient (Wildman–Crippen LogP) is 4.87. The third-order valence-corrected chi connectivity index (χ3v) is 3.98. The monoisotopic (exact) mass is 366 g/mol. The van der Waals surface area contributed by atoms with Crippen LogP contribution in [0.3, 0.4) is 0 Å². The maximum atomic E-state index is 4.94. The molecule has 0 N–H and O–H groups in total. The lowest BCUT2D eigenvalue weighted by molar-refractivity contribution is 0.198. The van der Waals surface area contributed by atoms with Gasteiger partial charge >= 0.3 is 0 Å². The summed E-state index contributed by atoms with van der Waals surface area (Å²) in [4.78, 5) is 0.